The van der Waals surface area contributed by atoms with E-state index in [9.17, 15) is 14.0 Å². The Morgan fingerprint density at radius 1 is 1.29 bits per heavy atom. The predicted octanol–water partition coefficient (Wildman–Crippen LogP) is 1.41. The average Bonchev–Trinajstić information content (AvgIpc) is 2.25. The summed E-state index contributed by atoms with van der Waals surface area (Å²) in [5.41, 5.74) is 0.531. The summed E-state index contributed by atoms with van der Waals surface area (Å²) in [6.45, 7) is 0. The van der Waals surface area contributed by atoms with Gasteiger partial charge >= 0.3 is 0 Å². The molecule has 0 spiro atoms. The first-order valence-corrected chi connectivity index (χ1v) is 5.03. The number of carbonyl (C=O) groups excluding carboxylic acids is 2. The van der Waals surface area contributed by atoms with Crippen molar-refractivity contribution in [3.63, 3.8) is 0 Å². The highest BCUT2D eigenvalue weighted by Gasteiger charge is 2.28. The summed E-state index contributed by atoms with van der Waals surface area (Å²) < 4.78 is 13.1. The smallest absolute Gasteiger partial charge is 0.261 e. The second-order valence-corrected chi connectivity index (χ2v) is 3.98. The molecule has 0 aliphatic carbocycles. The molecule has 4 nitrogen and oxygen atoms in total. The monoisotopic (exact) mass is 234 g/mol. The highest BCUT2D eigenvalue weighted by atomic mass is 19.1. The van der Waals surface area contributed by atoms with Gasteiger partial charge in [-0.25, -0.2) is 4.39 Å². The number of amides is 1. The molecule has 0 saturated carbocycles. The number of fused-ring (bicyclic) bond motifs is 1. The van der Waals surface area contributed by atoms with Crippen molar-refractivity contribution < 1.29 is 14.0 Å². The van der Waals surface area contributed by atoms with Crippen LogP contribution in [0.25, 0.3) is 0 Å². The SMILES string of the molecule is CN(C)/C=C1\C(=O)Nc2ccc(F)cc2C1=O. The molecule has 0 atom stereocenters. The van der Waals surface area contributed by atoms with Gasteiger partial charge in [-0.2, -0.15) is 0 Å². The first-order chi connectivity index (χ1) is 7.99. The first kappa shape index (κ1) is 11.3. The van der Waals surface area contributed by atoms with Gasteiger partial charge in [-0.15, -0.1) is 0 Å². The zero-order valence-corrected chi connectivity index (χ0v) is 9.45. The Hall–Kier alpha value is -2.17. The largest absolute Gasteiger partial charge is 0.383 e. The molecule has 1 aliphatic heterocycles. The summed E-state index contributed by atoms with van der Waals surface area (Å²) in [6.07, 6.45) is 1.42. The van der Waals surface area contributed by atoms with Gasteiger partial charge < -0.3 is 10.2 Å². The summed E-state index contributed by atoms with van der Waals surface area (Å²) >= 11 is 0. The molecular weight excluding hydrogens is 223 g/mol. The number of benzene rings is 1. The van der Waals surface area contributed by atoms with Gasteiger partial charge in [-0.1, -0.05) is 0 Å². The second kappa shape index (κ2) is 4.01. The molecule has 1 heterocycles. The van der Waals surface area contributed by atoms with Gasteiger partial charge in [0.1, 0.15) is 11.4 Å². The van der Waals surface area contributed by atoms with E-state index in [1.54, 1.807) is 19.0 Å². The minimum atomic E-state index is -0.502. The Bertz CT molecular complexity index is 535. The number of Topliss-reactive ketones (excluding diaryl/α,β-unsaturated/α-hetero) is 1. The van der Waals surface area contributed by atoms with Crippen molar-refractivity contribution in [2.45, 2.75) is 0 Å². The number of ketones is 1. The lowest BCUT2D eigenvalue weighted by Crippen LogP contribution is -2.29. The summed E-state index contributed by atoms with van der Waals surface area (Å²) in [6, 6.07) is 3.71. The van der Waals surface area contributed by atoms with Crippen molar-refractivity contribution in [2.75, 3.05) is 19.4 Å². The minimum Gasteiger partial charge on any atom is -0.383 e. The van der Waals surface area contributed by atoms with Crippen LogP contribution in [-0.2, 0) is 4.79 Å². The molecule has 0 radical (unpaired) electrons. The van der Waals surface area contributed by atoms with Crippen LogP contribution in [0.2, 0.25) is 0 Å². The van der Waals surface area contributed by atoms with Crippen molar-refractivity contribution in [1.29, 1.82) is 0 Å². The van der Waals surface area contributed by atoms with Crippen LogP contribution in [-0.4, -0.2) is 30.7 Å². The Balaban J connectivity index is 2.53. The lowest BCUT2D eigenvalue weighted by molar-refractivity contribution is -0.112. The summed E-state index contributed by atoms with van der Waals surface area (Å²) in [5, 5.41) is 2.55. The topological polar surface area (TPSA) is 49.4 Å². The fraction of sp³-hybridized carbons (Fsp3) is 0.167. The molecule has 0 aromatic heterocycles. The average molecular weight is 234 g/mol. The lowest BCUT2D eigenvalue weighted by Gasteiger charge is -2.19. The van der Waals surface area contributed by atoms with Crippen LogP contribution in [0.5, 0.6) is 0 Å². The molecule has 0 unspecified atom stereocenters. The summed E-state index contributed by atoms with van der Waals surface area (Å²) in [7, 11) is 3.41. The van der Waals surface area contributed by atoms with E-state index in [0.29, 0.717) is 5.69 Å². The van der Waals surface area contributed by atoms with Gasteiger partial charge in [0.2, 0.25) is 5.78 Å². The van der Waals surface area contributed by atoms with E-state index in [1.165, 1.54) is 18.3 Å². The van der Waals surface area contributed by atoms with Gasteiger partial charge in [0.25, 0.3) is 5.91 Å². The van der Waals surface area contributed by atoms with E-state index in [1.807, 2.05) is 0 Å². The van der Waals surface area contributed by atoms with E-state index in [4.69, 9.17) is 0 Å². The standard InChI is InChI=1S/C12H11FN2O2/c1-15(2)6-9-11(16)8-5-7(13)3-4-10(8)14-12(9)17/h3-6H,1-2H3,(H,14,17)/b9-6-. The number of rotatable bonds is 1. The second-order valence-electron chi connectivity index (χ2n) is 3.98. The fourth-order valence-corrected chi connectivity index (χ4v) is 1.63. The molecular formula is C12H11FN2O2. The van der Waals surface area contributed by atoms with Crippen LogP contribution in [0, 0.1) is 5.82 Å². The number of hydrogen-bond donors (Lipinski definition) is 1. The summed E-state index contributed by atoms with van der Waals surface area (Å²) in [4.78, 5) is 25.3. The first-order valence-electron chi connectivity index (χ1n) is 5.03. The Kier molecular flexibility index (Phi) is 2.67. The highest BCUT2D eigenvalue weighted by Crippen LogP contribution is 2.25. The van der Waals surface area contributed by atoms with Crippen LogP contribution in [0.1, 0.15) is 10.4 Å². The lowest BCUT2D eigenvalue weighted by atomic mass is 9.97. The molecule has 5 heteroatoms. The predicted molar refractivity (Wildman–Crippen MR) is 61.1 cm³/mol. The molecule has 0 bridgehead atoms. The molecule has 0 saturated heterocycles. The number of hydrogen-bond acceptors (Lipinski definition) is 3. The maximum absolute atomic E-state index is 13.1. The number of anilines is 1. The molecule has 1 amide bonds. The normalized spacial score (nSPS) is 16.8. The third-order valence-corrected chi connectivity index (χ3v) is 2.35. The van der Waals surface area contributed by atoms with Crippen molar-refractivity contribution >= 4 is 17.4 Å². The van der Waals surface area contributed by atoms with Gasteiger partial charge in [0.05, 0.1) is 5.69 Å². The van der Waals surface area contributed by atoms with E-state index in [0.717, 1.165) is 6.07 Å². The van der Waals surface area contributed by atoms with Crippen LogP contribution in [0.3, 0.4) is 0 Å². The fourth-order valence-electron chi connectivity index (χ4n) is 1.63. The minimum absolute atomic E-state index is 0.00750. The van der Waals surface area contributed by atoms with Crippen LogP contribution >= 0.6 is 0 Å². The summed E-state index contributed by atoms with van der Waals surface area (Å²) in [5.74, 6) is -1.43. The molecule has 17 heavy (non-hydrogen) atoms. The maximum atomic E-state index is 13.1. The molecule has 2 rings (SSSR count). The van der Waals surface area contributed by atoms with Gasteiger partial charge in [0.15, 0.2) is 0 Å². The van der Waals surface area contributed by atoms with E-state index in [-0.39, 0.29) is 11.1 Å². The number of carbonyl (C=O) groups is 2. The molecule has 0 fully saturated rings. The Morgan fingerprint density at radius 3 is 2.65 bits per heavy atom. The molecule has 1 aromatic carbocycles. The van der Waals surface area contributed by atoms with Crippen LogP contribution < -0.4 is 5.32 Å². The van der Waals surface area contributed by atoms with Crippen molar-refractivity contribution in [3.05, 3.63) is 41.4 Å². The molecule has 1 aliphatic rings. The van der Waals surface area contributed by atoms with Gasteiger partial charge in [0, 0.05) is 25.9 Å². The number of nitrogens with zero attached hydrogens (tertiary/aromatic N) is 1. The van der Waals surface area contributed by atoms with Crippen LogP contribution in [0.4, 0.5) is 10.1 Å². The van der Waals surface area contributed by atoms with Crippen molar-refractivity contribution in [2.24, 2.45) is 0 Å². The molecule has 88 valence electrons. The zero-order valence-electron chi connectivity index (χ0n) is 9.45. The Labute approximate surface area is 97.7 Å². The zero-order chi connectivity index (χ0) is 12.6. The van der Waals surface area contributed by atoms with E-state index >= 15 is 0 Å². The Morgan fingerprint density at radius 2 is 2.00 bits per heavy atom. The van der Waals surface area contributed by atoms with Crippen molar-refractivity contribution in [3.8, 4) is 0 Å². The molecule has 1 N–H and O–H groups in total. The third-order valence-electron chi connectivity index (χ3n) is 2.35. The number of halogens is 1. The molecule has 1 aromatic rings. The highest BCUT2D eigenvalue weighted by molar-refractivity contribution is 6.33. The van der Waals surface area contributed by atoms with Crippen molar-refractivity contribution in [1.82, 2.24) is 4.90 Å². The van der Waals surface area contributed by atoms with Gasteiger partial charge in [-0.3, -0.25) is 9.59 Å². The van der Waals surface area contributed by atoms with Crippen LogP contribution in [0.15, 0.2) is 30.0 Å². The number of nitrogens with one attached hydrogen (secondary N) is 1. The third kappa shape index (κ3) is 2.04. The van der Waals surface area contributed by atoms with Gasteiger partial charge in [-0.05, 0) is 18.2 Å². The van der Waals surface area contributed by atoms with E-state index in [2.05, 4.69) is 5.32 Å². The quantitative estimate of drug-likeness (QED) is 0.590. The maximum Gasteiger partial charge on any atom is 0.261 e. The van der Waals surface area contributed by atoms with E-state index < -0.39 is 17.5 Å².